The van der Waals surface area contributed by atoms with Gasteiger partial charge < -0.3 is 9.47 Å². The van der Waals surface area contributed by atoms with Crippen molar-refractivity contribution in [3.63, 3.8) is 0 Å². The Labute approximate surface area is 113 Å². The van der Waals surface area contributed by atoms with E-state index in [0.29, 0.717) is 0 Å². The predicted octanol–water partition coefficient (Wildman–Crippen LogP) is 2.62. The third kappa shape index (κ3) is 4.58. The molecule has 0 radical (unpaired) electrons. The van der Waals surface area contributed by atoms with Crippen molar-refractivity contribution in [3.05, 3.63) is 35.4 Å². The maximum atomic E-state index is 11.4. The van der Waals surface area contributed by atoms with Gasteiger partial charge in [-0.05, 0) is 44.5 Å². The van der Waals surface area contributed by atoms with E-state index in [4.69, 9.17) is 4.74 Å². The van der Waals surface area contributed by atoms with Gasteiger partial charge in [0.05, 0.1) is 13.2 Å². The maximum absolute atomic E-state index is 11.4. The molecule has 0 aliphatic heterocycles. The number of ketones is 1. The highest BCUT2D eigenvalue weighted by Crippen LogP contribution is 2.16. The summed E-state index contributed by atoms with van der Waals surface area (Å²) in [5.74, 6) is -0.209. The zero-order chi connectivity index (χ0) is 14.4. The summed E-state index contributed by atoms with van der Waals surface area (Å²) in [5, 5.41) is 0. The van der Waals surface area contributed by atoms with E-state index in [1.165, 1.54) is 20.1 Å². The smallest absolute Gasteiger partial charge is 0.341 e. The van der Waals surface area contributed by atoms with Crippen LogP contribution in [0.2, 0.25) is 0 Å². The Morgan fingerprint density at radius 2 is 1.74 bits per heavy atom. The monoisotopic (exact) mass is 262 g/mol. The number of methoxy groups -OCH3 is 1. The van der Waals surface area contributed by atoms with Gasteiger partial charge >= 0.3 is 5.97 Å². The Kier molecular flexibility index (Phi) is 5.30. The van der Waals surface area contributed by atoms with Crippen LogP contribution >= 0.6 is 0 Å². The van der Waals surface area contributed by atoms with Crippen LogP contribution < -0.4 is 4.74 Å². The van der Waals surface area contributed by atoms with Crippen molar-refractivity contribution in [1.29, 1.82) is 0 Å². The fourth-order valence-electron chi connectivity index (χ4n) is 1.50. The molecule has 4 nitrogen and oxygen atoms in total. The summed E-state index contributed by atoms with van der Waals surface area (Å²) in [7, 11) is 1.25. The Hall–Kier alpha value is -2.10. The summed E-state index contributed by atoms with van der Waals surface area (Å²) in [6, 6.07) is 7.15. The Morgan fingerprint density at radius 3 is 2.16 bits per heavy atom. The van der Waals surface area contributed by atoms with Crippen LogP contribution in [0.1, 0.15) is 26.3 Å². The van der Waals surface area contributed by atoms with E-state index in [1.807, 2.05) is 13.8 Å². The van der Waals surface area contributed by atoms with Crippen molar-refractivity contribution in [2.75, 3.05) is 7.11 Å². The first-order valence-corrected chi connectivity index (χ1v) is 6.01. The minimum Gasteiger partial charge on any atom is -0.491 e. The van der Waals surface area contributed by atoms with Crippen LogP contribution in [0.4, 0.5) is 0 Å². The van der Waals surface area contributed by atoms with E-state index >= 15 is 0 Å². The molecule has 4 heteroatoms. The van der Waals surface area contributed by atoms with Gasteiger partial charge in [0.1, 0.15) is 11.3 Å². The summed E-state index contributed by atoms with van der Waals surface area (Å²) < 4.78 is 10.1. The van der Waals surface area contributed by atoms with E-state index in [1.54, 1.807) is 24.3 Å². The SMILES string of the molecule is COC(=O)C(=Cc1ccc(OC(C)C)cc1)C(C)=O. The van der Waals surface area contributed by atoms with Crippen molar-refractivity contribution in [2.45, 2.75) is 26.9 Å². The highest BCUT2D eigenvalue weighted by Gasteiger charge is 2.14. The fraction of sp³-hybridized carbons (Fsp3) is 0.333. The number of benzene rings is 1. The molecule has 0 atom stereocenters. The summed E-state index contributed by atoms with van der Waals surface area (Å²) >= 11 is 0. The van der Waals surface area contributed by atoms with Crippen molar-refractivity contribution >= 4 is 17.8 Å². The van der Waals surface area contributed by atoms with Gasteiger partial charge in [-0.2, -0.15) is 0 Å². The third-order valence-electron chi connectivity index (χ3n) is 2.35. The number of carbonyl (C=O) groups excluding carboxylic acids is 2. The van der Waals surface area contributed by atoms with Gasteiger partial charge in [0.25, 0.3) is 0 Å². The second-order valence-electron chi connectivity index (χ2n) is 4.34. The number of hydrogen-bond acceptors (Lipinski definition) is 4. The summed E-state index contributed by atoms with van der Waals surface area (Å²) in [6.07, 6.45) is 1.61. The van der Waals surface area contributed by atoms with Crippen LogP contribution in [-0.4, -0.2) is 25.0 Å². The summed E-state index contributed by atoms with van der Waals surface area (Å²) in [5.41, 5.74) is 0.770. The number of ether oxygens (including phenoxy) is 2. The number of carbonyl (C=O) groups is 2. The average molecular weight is 262 g/mol. The van der Waals surface area contributed by atoms with Gasteiger partial charge in [0.2, 0.25) is 0 Å². The molecule has 1 aromatic rings. The van der Waals surface area contributed by atoms with Gasteiger partial charge in [-0.25, -0.2) is 4.79 Å². The predicted molar refractivity (Wildman–Crippen MR) is 72.9 cm³/mol. The van der Waals surface area contributed by atoms with Crippen LogP contribution in [0.3, 0.4) is 0 Å². The molecule has 0 heterocycles. The molecule has 1 aromatic carbocycles. The van der Waals surface area contributed by atoms with E-state index in [0.717, 1.165) is 11.3 Å². The van der Waals surface area contributed by atoms with Gasteiger partial charge in [-0.15, -0.1) is 0 Å². The molecule has 0 amide bonds. The molecule has 0 saturated heterocycles. The third-order valence-corrected chi connectivity index (χ3v) is 2.35. The van der Waals surface area contributed by atoms with E-state index < -0.39 is 5.97 Å². The lowest BCUT2D eigenvalue weighted by Gasteiger charge is -2.09. The number of rotatable bonds is 5. The summed E-state index contributed by atoms with van der Waals surface area (Å²) in [6.45, 7) is 5.22. The molecule has 102 valence electrons. The maximum Gasteiger partial charge on any atom is 0.341 e. The first kappa shape index (κ1) is 15.0. The van der Waals surface area contributed by atoms with Crippen molar-refractivity contribution in [3.8, 4) is 5.75 Å². The molecule has 1 rings (SSSR count). The normalized spacial score (nSPS) is 11.3. The molecule has 0 spiro atoms. The largest absolute Gasteiger partial charge is 0.491 e. The topological polar surface area (TPSA) is 52.6 Å². The van der Waals surface area contributed by atoms with E-state index in [-0.39, 0.29) is 17.5 Å². The number of hydrogen-bond donors (Lipinski definition) is 0. The van der Waals surface area contributed by atoms with Crippen molar-refractivity contribution in [1.82, 2.24) is 0 Å². The highest BCUT2D eigenvalue weighted by atomic mass is 16.5. The highest BCUT2D eigenvalue weighted by molar-refractivity contribution is 6.19. The Balaban J connectivity index is 2.96. The second-order valence-corrected chi connectivity index (χ2v) is 4.34. The number of Topliss-reactive ketones (excluding diaryl/α,β-unsaturated/α-hetero) is 1. The van der Waals surface area contributed by atoms with Crippen LogP contribution in [0.5, 0.6) is 5.75 Å². The fourth-order valence-corrected chi connectivity index (χ4v) is 1.50. The van der Waals surface area contributed by atoms with Gasteiger partial charge in [0.15, 0.2) is 5.78 Å². The quantitative estimate of drug-likeness (QED) is 0.354. The lowest BCUT2D eigenvalue weighted by molar-refractivity contribution is -0.137. The molecule has 0 N–H and O–H groups in total. The number of esters is 1. The second kappa shape index (κ2) is 6.73. The van der Waals surface area contributed by atoms with Gasteiger partial charge in [0, 0.05) is 0 Å². The lowest BCUT2D eigenvalue weighted by atomic mass is 10.1. The molecule has 0 aliphatic carbocycles. The van der Waals surface area contributed by atoms with Crippen LogP contribution in [0, 0.1) is 0 Å². The van der Waals surface area contributed by atoms with Crippen molar-refractivity contribution in [2.24, 2.45) is 0 Å². The lowest BCUT2D eigenvalue weighted by Crippen LogP contribution is -2.11. The van der Waals surface area contributed by atoms with Crippen LogP contribution in [0.25, 0.3) is 6.08 Å². The molecule has 0 aliphatic rings. The molecule has 0 unspecified atom stereocenters. The standard InChI is InChI=1S/C15H18O4/c1-10(2)19-13-7-5-12(6-8-13)9-14(11(3)16)15(17)18-4/h5-10H,1-4H3. The van der Waals surface area contributed by atoms with Crippen LogP contribution in [-0.2, 0) is 14.3 Å². The van der Waals surface area contributed by atoms with Gasteiger partial charge in [-0.1, -0.05) is 12.1 Å². The Morgan fingerprint density at radius 1 is 1.16 bits per heavy atom. The first-order valence-electron chi connectivity index (χ1n) is 6.01. The minimum atomic E-state index is -0.630. The van der Waals surface area contributed by atoms with Gasteiger partial charge in [-0.3, -0.25) is 4.79 Å². The van der Waals surface area contributed by atoms with E-state index in [9.17, 15) is 9.59 Å². The molecule has 0 bridgehead atoms. The minimum absolute atomic E-state index is 0.0278. The average Bonchev–Trinajstić information content (AvgIpc) is 2.36. The molecule has 19 heavy (non-hydrogen) atoms. The summed E-state index contributed by atoms with van der Waals surface area (Å²) in [4.78, 5) is 22.8. The van der Waals surface area contributed by atoms with Crippen molar-refractivity contribution < 1.29 is 19.1 Å². The molecular weight excluding hydrogens is 244 g/mol. The zero-order valence-electron chi connectivity index (χ0n) is 11.6. The Bertz CT molecular complexity index is 483. The van der Waals surface area contributed by atoms with E-state index in [2.05, 4.69) is 4.74 Å². The molecule has 0 fully saturated rings. The molecular formula is C15H18O4. The molecule has 0 aromatic heterocycles. The zero-order valence-corrected chi connectivity index (χ0v) is 11.6. The van der Waals surface area contributed by atoms with Crippen LogP contribution in [0.15, 0.2) is 29.8 Å². The first-order chi connectivity index (χ1) is 8.93. The molecule has 0 saturated carbocycles.